The number of carbonyl (C=O) groups excluding carboxylic acids is 1. The van der Waals surface area contributed by atoms with Gasteiger partial charge in [0, 0.05) is 18.9 Å². The van der Waals surface area contributed by atoms with Gasteiger partial charge >= 0.3 is 0 Å². The Morgan fingerprint density at radius 1 is 1.16 bits per heavy atom. The molecule has 0 aliphatic carbocycles. The number of amides is 1. The largest absolute Gasteiger partial charge is 0.352 e. The van der Waals surface area contributed by atoms with Crippen molar-refractivity contribution in [2.45, 2.75) is 26.2 Å². The normalized spacial score (nSPS) is 11.9. The molecule has 2 heterocycles. The number of benzene rings is 1. The van der Waals surface area contributed by atoms with Crippen LogP contribution in [-0.2, 0) is 0 Å². The Labute approximate surface area is 147 Å². The molecule has 0 fully saturated rings. The van der Waals surface area contributed by atoms with Crippen LogP contribution in [0.4, 0.5) is 0 Å². The SMILES string of the molecule is Cc1c(C(=O)NCC[C@@H](C)c2ccccc2)cnn1-c1ccncc1. The molecule has 1 atom stereocenters. The smallest absolute Gasteiger partial charge is 0.254 e. The molecule has 1 N–H and O–H groups in total. The average Bonchev–Trinajstić information content (AvgIpc) is 3.04. The van der Waals surface area contributed by atoms with E-state index in [0.717, 1.165) is 17.8 Å². The molecule has 3 rings (SSSR count). The molecule has 0 radical (unpaired) electrons. The van der Waals surface area contributed by atoms with Crippen molar-refractivity contribution in [1.29, 1.82) is 0 Å². The molecular formula is C20H22N4O. The minimum absolute atomic E-state index is 0.0851. The predicted molar refractivity (Wildman–Crippen MR) is 97.9 cm³/mol. The number of hydrogen-bond donors (Lipinski definition) is 1. The van der Waals surface area contributed by atoms with Crippen LogP contribution in [0.2, 0.25) is 0 Å². The van der Waals surface area contributed by atoms with Gasteiger partial charge < -0.3 is 5.32 Å². The maximum absolute atomic E-state index is 12.5. The zero-order valence-corrected chi connectivity index (χ0v) is 14.5. The summed E-state index contributed by atoms with van der Waals surface area (Å²) in [4.78, 5) is 16.5. The fourth-order valence-corrected chi connectivity index (χ4v) is 2.82. The van der Waals surface area contributed by atoms with Crippen LogP contribution in [0, 0.1) is 6.92 Å². The first kappa shape index (κ1) is 16.9. The van der Waals surface area contributed by atoms with Crippen LogP contribution in [0.1, 0.15) is 40.9 Å². The number of hydrogen-bond acceptors (Lipinski definition) is 3. The number of nitrogens with one attached hydrogen (secondary N) is 1. The summed E-state index contributed by atoms with van der Waals surface area (Å²) >= 11 is 0. The molecule has 5 heteroatoms. The zero-order chi connectivity index (χ0) is 17.6. The lowest BCUT2D eigenvalue weighted by molar-refractivity contribution is 0.0952. The third-order valence-corrected chi connectivity index (χ3v) is 4.39. The van der Waals surface area contributed by atoms with Gasteiger partial charge in [-0.1, -0.05) is 37.3 Å². The van der Waals surface area contributed by atoms with Gasteiger partial charge in [0.05, 0.1) is 23.1 Å². The summed E-state index contributed by atoms with van der Waals surface area (Å²) in [5, 5.41) is 7.33. The minimum Gasteiger partial charge on any atom is -0.352 e. The molecule has 0 saturated carbocycles. The van der Waals surface area contributed by atoms with E-state index in [4.69, 9.17) is 0 Å². The van der Waals surface area contributed by atoms with Gasteiger partial charge in [-0.15, -0.1) is 0 Å². The Kier molecular flexibility index (Phi) is 5.23. The number of carbonyl (C=O) groups is 1. The lowest BCUT2D eigenvalue weighted by Gasteiger charge is -2.12. The van der Waals surface area contributed by atoms with Crippen LogP contribution in [0.25, 0.3) is 5.69 Å². The summed E-state index contributed by atoms with van der Waals surface area (Å²) in [6.07, 6.45) is 5.93. The second-order valence-electron chi connectivity index (χ2n) is 6.12. The molecular weight excluding hydrogens is 312 g/mol. The molecule has 0 aliphatic heterocycles. The molecule has 0 unspecified atom stereocenters. The monoisotopic (exact) mass is 334 g/mol. The molecule has 0 saturated heterocycles. The zero-order valence-electron chi connectivity index (χ0n) is 14.5. The van der Waals surface area contributed by atoms with Crippen molar-refractivity contribution in [3.63, 3.8) is 0 Å². The molecule has 0 bridgehead atoms. The average molecular weight is 334 g/mol. The summed E-state index contributed by atoms with van der Waals surface area (Å²) in [5.41, 5.74) is 3.60. The van der Waals surface area contributed by atoms with E-state index >= 15 is 0 Å². The fourth-order valence-electron chi connectivity index (χ4n) is 2.82. The molecule has 1 aromatic carbocycles. The Morgan fingerprint density at radius 2 is 1.88 bits per heavy atom. The van der Waals surface area contributed by atoms with Crippen molar-refractivity contribution in [1.82, 2.24) is 20.1 Å². The van der Waals surface area contributed by atoms with E-state index in [9.17, 15) is 4.79 Å². The molecule has 1 amide bonds. The predicted octanol–water partition coefficient (Wildman–Crippen LogP) is 3.50. The topological polar surface area (TPSA) is 59.8 Å². The second-order valence-corrected chi connectivity index (χ2v) is 6.12. The Balaban J connectivity index is 1.60. The third kappa shape index (κ3) is 3.94. The van der Waals surface area contributed by atoms with Crippen LogP contribution in [0.5, 0.6) is 0 Å². The van der Waals surface area contributed by atoms with Gasteiger partial charge in [0.1, 0.15) is 0 Å². The summed E-state index contributed by atoms with van der Waals surface area (Å²) < 4.78 is 1.75. The summed E-state index contributed by atoms with van der Waals surface area (Å²) in [7, 11) is 0. The van der Waals surface area contributed by atoms with E-state index in [-0.39, 0.29) is 5.91 Å². The Morgan fingerprint density at radius 3 is 2.60 bits per heavy atom. The molecule has 5 nitrogen and oxygen atoms in total. The molecule has 25 heavy (non-hydrogen) atoms. The summed E-state index contributed by atoms with van der Waals surface area (Å²) in [6, 6.07) is 14.1. The first-order chi connectivity index (χ1) is 12.2. The van der Waals surface area contributed by atoms with E-state index in [1.165, 1.54) is 5.56 Å². The Bertz CT molecular complexity index is 827. The highest BCUT2D eigenvalue weighted by Crippen LogP contribution is 2.18. The van der Waals surface area contributed by atoms with Crippen LogP contribution in [0.15, 0.2) is 61.1 Å². The summed E-state index contributed by atoms with van der Waals surface area (Å²) in [6.45, 7) is 4.71. The van der Waals surface area contributed by atoms with Crippen molar-refractivity contribution >= 4 is 5.91 Å². The van der Waals surface area contributed by atoms with Gasteiger partial charge in [0.25, 0.3) is 5.91 Å². The Hall–Kier alpha value is -2.95. The van der Waals surface area contributed by atoms with Gasteiger partial charge in [0.2, 0.25) is 0 Å². The highest BCUT2D eigenvalue weighted by atomic mass is 16.1. The number of pyridine rings is 1. The third-order valence-electron chi connectivity index (χ3n) is 4.39. The van der Waals surface area contributed by atoms with Crippen molar-refractivity contribution in [3.8, 4) is 5.69 Å². The van der Waals surface area contributed by atoms with Crippen LogP contribution >= 0.6 is 0 Å². The maximum Gasteiger partial charge on any atom is 0.254 e. The van der Waals surface area contributed by atoms with Gasteiger partial charge in [0.15, 0.2) is 0 Å². The van der Waals surface area contributed by atoms with E-state index in [1.807, 2.05) is 37.3 Å². The first-order valence-electron chi connectivity index (χ1n) is 8.45. The van der Waals surface area contributed by atoms with Crippen LogP contribution < -0.4 is 5.32 Å². The summed E-state index contributed by atoms with van der Waals surface area (Å²) in [5.74, 6) is 0.320. The first-order valence-corrected chi connectivity index (χ1v) is 8.45. The minimum atomic E-state index is -0.0851. The van der Waals surface area contributed by atoms with Crippen molar-refractivity contribution in [2.75, 3.05) is 6.54 Å². The highest BCUT2D eigenvalue weighted by Gasteiger charge is 2.15. The van der Waals surface area contributed by atoms with E-state index in [1.54, 1.807) is 23.3 Å². The van der Waals surface area contributed by atoms with Crippen molar-refractivity contribution < 1.29 is 4.79 Å². The van der Waals surface area contributed by atoms with Gasteiger partial charge in [-0.25, -0.2) is 4.68 Å². The number of nitrogens with zero attached hydrogens (tertiary/aromatic N) is 3. The van der Waals surface area contributed by atoms with Crippen molar-refractivity contribution in [2.24, 2.45) is 0 Å². The van der Waals surface area contributed by atoms with Crippen LogP contribution in [0.3, 0.4) is 0 Å². The van der Waals surface area contributed by atoms with E-state index in [0.29, 0.717) is 18.0 Å². The molecule has 2 aromatic heterocycles. The van der Waals surface area contributed by atoms with Crippen LogP contribution in [-0.4, -0.2) is 27.2 Å². The number of rotatable bonds is 6. The quantitative estimate of drug-likeness (QED) is 0.750. The molecule has 0 aliphatic rings. The van der Waals surface area contributed by atoms with Gasteiger partial charge in [-0.2, -0.15) is 5.10 Å². The molecule has 128 valence electrons. The highest BCUT2D eigenvalue weighted by molar-refractivity contribution is 5.95. The standard InChI is InChI=1S/C20H22N4O/c1-15(17-6-4-3-5-7-17)8-13-22-20(25)19-14-23-24(16(19)2)18-9-11-21-12-10-18/h3-7,9-12,14-15H,8,13H2,1-2H3,(H,22,25)/t15-/m1/s1. The second kappa shape index (κ2) is 7.75. The van der Waals surface area contributed by atoms with E-state index in [2.05, 4.69) is 34.5 Å². The maximum atomic E-state index is 12.5. The van der Waals surface area contributed by atoms with Crippen molar-refractivity contribution in [3.05, 3.63) is 77.9 Å². The molecule has 0 spiro atoms. The molecule has 3 aromatic rings. The fraction of sp³-hybridized carbons (Fsp3) is 0.250. The van der Waals surface area contributed by atoms with E-state index < -0.39 is 0 Å². The van der Waals surface area contributed by atoms with Gasteiger partial charge in [-0.3, -0.25) is 9.78 Å². The lowest BCUT2D eigenvalue weighted by atomic mass is 9.98. The number of aromatic nitrogens is 3. The lowest BCUT2D eigenvalue weighted by Crippen LogP contribution is -2.25. The van der Waals surface area contributed by atoms with Gasteiger partial charge in [-0.05, 0) is 37.0 Å².